The standard InChI is InChI=1S/C22H20N2O6/c23-12-15-3-6-17(7-4-15)27-14-21(26)28-13-20(25)24-16-5-8-18-19(11-16)30-22(29-18)9-1-2-10-22/h3-8,11H,1-2,9-10,13-14H2,(H,24,25). The highest BCUT2D eigenvalue weighted by Gasteiger charge is 2.44. The molecule has 2 aliphatic rings. The summed E-state index contributed by atoms with van der Waals surface area (Å²) in [6.07, 6.45) is 3.84. The van der Waals surface area contributed by atoms with E-state index in [-0.39, 0.29) is 6.61 Å². The molecule has 1 heterocycles. The molecule has 1 N–H and O–H groups in total. The van der Waals surface area contributed by atoms with Crippen molar-refractivity contribution in [1.29, 1.82) is 5.26 Å². The zero-order valence-corrected chi connectivity index (χ0v) is 16.2. The molecule has 30 heavy (non-hydrogen) atoms. The van der Waals surface area contributed by atoms with Gasteiger partial charge in [-0.25, -0.2) is 4.79 Å². The fourth-order valence-corrected chi connectivity index (χ4v) is 3.44. The molecule has 4 rings (SSSR count). The zero-order valence-electron chi connectivity index (χ0n) is 16.2. The summed E-state index contributed by atoms with van der Waals surface area (Å²) in [4.78, 5) is 23.9. The summed E-state index contributed by atoms with van der Waals surface area (Å²) in [6, 6.07) is 13.5. The largest absolute Gasteiger partial charge is 0.482 e. The Kier molecular flexibility index (Phi) is 5.44. The second-order valence-corrected chi connectivity index (χ2v) is 7.12. The number of carbonyl (C=O) groups excluding carboxylic acids is 2. The first kappa shape index (κ1) is 19.6. The smallest absolute Gasteiger partial charge is 0.344 e. The third kappa shape index (κ3) is 4.46. The van der Waals surface area contributed by atoms with Crippen molar-refractivity contribution in [2.75, 3.05) is 18.5 Å². The first-order valence-electron chi connectivity index (χ1n) is 9.66. The Bertz CT molecular complexity index is 990. The summed E-state index contributed by atoms with van der Waals surface area (Å²) in [6.45, 7) is -0.779. The van der Waals surface area contributed by atoms with E-state index in [0.29, 0.717) is 28.5 Å². The molecule has 0 saturated heterocycles. The molecule has 1 saturated carbocycles. The number of amides is 1. The zero-order chi connectivity index (χ0) is 21.0. The van der Waals surface area contributed by atoms with Crippen LogP contribution in [0.3, 0.4) is 0 Å². The number of anilines is 1. The lowest BCUT2D eigenvalue weighted by molar-refractivity contribution is -0.149. The maximum Gasteiger partial charge on any atom is 0.344 e. The quantitative estimate of drug-likeness (QED) is 0.732. The van der Waals surface area contributed by atoms with E-state index in [2.05, 4.69) is 5.32 Å². The van der Waals surface area contributed by atoms with E-state index in [1.165, 1.54) is 0 Å². The van der Waals surface area contributed by atoms with Crippen LogP contribution in [0.1, 0.15) is 31.2 Å². The molecule has 1 amide bonds. The lowest BCUT2D eigenvalue weighted by Gasteiger charge is -2.21. The number of fused-ring (bicyclic) bond motifs is 1. The number of esters is 1. The maximum absolute atomic E-state index is 12.1. The first-order valence-corrected chi connectivity index (χ1v) is 9.66. The number of nitrogens with zero attached hydrogens (tertiary/aromatic N) is 1. The highest BCUT2D eigenvalue weighted by atomic mass is 16.7. The highest BCUT2D eigenvalue weighted by molar-refractivity contribution is 5.93. The minimum Gasteiger partial charge on any atom is -0.482 e. The molecule has 1 aliphatic carbocycles. The Hall–Kier alpha value is -3.73. The number of rotatable bonds is 6. The Morgan fingerprint density at radius 2 is 1.77 bits per heavy atom. The molecule has 0 atom stereocenters. The van der Waals surface area contributed by atoms with Gasteiger partial charge in [0.05, 0.1) is 11.6 Å². The van der Waals surface area contributed by atoms with Gasteiger partial charge in [-0.2, -0.15) is 5.26 Å². The predicted octanol–water partition coefficient (Wildman–Crippen LogP) is 3.16. The van der Waals surface area contributed by atoms with Gasteiger partial charge in [0, 0.05) is 24.6 Å². The van der Waals surface area contributed by atoms with Crippen LogP contribution in [0.25, 0.3) is 0 Å². The number of ether oxygens (including phenoxy) is 4. The van der Waals surface area contributed by atoms with Crippen LogP contribution in [0.15, 0.2) is 42.5 Å². The van der Waals surface area contributed by atoms with Crippen molar-refractivity contribution in [3.8, 4) is 23.3 Å². The number of nitrogens with one attached hydrogen (secondary N) is 1. The van der Waals surface area contributed by atoms with Gasteiger partial charge in [0.25, 0.3) is 11.7 Å². The van der Waals surface area contributed by atoms with Crippen LogP contribution in [0.2, 0.25) is 0 Å². The summed E-state index contributed by atoms with van der Waals surface area (Å²) in [5.74, 6) is -0.0192. The monoisotopic (exact) mass is 408 g/mol. The van der Waals surface area contributed by atoms with Crippen molar-refractivity contribution in [2.45, 2.75) is 31.5 Å². The Morgan fingerprint density at radius 3 is 2.50 bits per heavy atom. The molecule has 2 aromatic carbocycles. The van der Waals surface area contributed by atoms with Crippen molar-refractivity contribution in [3.63, 3.8) is 0 Å². The molecule has 0 aromatic heterocycles. The van der Waals surface area contributed by atoms with Crippen molar-refractivity contribution in [3.05, 3.63) is 48.0 Å². The summed E-state index contributed by atoms with van der Waals surface area (Å²) >= 11 is 0. The molecule has 154 valence electrons. The van der Waals surface area contributed by atoms with E-state index in [1.807, 2.05) is 6.07 Å². The number of benzene rings is 2. The van der Waals surface area contributed by atoms with Gasteiger partial charge < -0.3 is 24.3 Å². The fraction of sp³-hybridized carbons (Fsp3) is 0.318. The van der Waals surface area contributed by atoms with Gasteiger partial charge in [0.15, 0.2) is 24.7 Å². The topological polar surface area (TPSA) is 107 Å². The summed E-state index contributed by atoms with van der Waals surface area (Å²) in [7, 11) is 0. The third-order valence-electron chi connectivity index (χ3n) is 4.89. The maximum atomic E-state index is 12.1. The van der Waals surface area contributed by atoms with Crippen LogP contribution in [0.5, 0.6) is 17.2 Å². The highest BCUT2D eigenvalue weighted by Crippen LogP contribution is 2.47. The van der Waals surface area contributed by atoms with Gasteiger partial charge in [0.1, 0.15) is 5.75 Å². The van der Waals surface area contributed by atoms with Crippen molar-refractivity contribution >= 4 is 17.6 Å². The molecule has 1 aliphatic heterocycles. The third-order valence-corrected chi connectivity index (χ3v) is 4.89. The average Bonchev–Trinajstić information content (AvgIpc) is 3.36. The van der Waals surface area contributed by atoms with Crippen LogP contribution in [0, 0.1) is 11.3 Å². The molecule has 1 fully saturated rings. The molecular formula is C22H20N2O6. The molecular weight excluding hydrogens is 388 g/mol. The number of hydrogen-bond acceptors (Lipinski definition) is 7. The van der Waals surface area contributed by atoms with Crippen LogP contribution >= 0.6 is 0 Å². The molecule has 0 unspecified atom stereocenters. The van der Waals surface area contributed by atoms with Crippen LogP contribution in [0.4, 0.5) is 5.69 Å². The van der Waals surface area contributed by atoms with Gasteiger partial charge in [-0.15, -0.1) is 0 Å². The average molecular weight is 408 g/mol. The molecule has 8 heteroatoms. The van der Waals surface area contributed by atoms with Gasteiger partial charge >= 0.3 is 5.97 Å². The minimum atomic E-state index is -0.677. The fourth-order valence-electron chi connectivity index (χ4n) is 3.44. The van der Waals surface area contributed by atoms with Crippen LogP contribution < -0.4 is 19.5 Å². The van der Waals surface area contributed by atoms with E-state index in [9.17, 15) is 9.59 Å². The second-order valence-electron chi connectivity index (χ2n) is 7.12. The number of hydrogen-bond donors (Lipinski definition) is 1. The molecule has 2 aromatic rings. The lowest BCUT2D eigenvalue weighted by Crippen LogP contribution is -2.34. The van der Waals surface area contributed by atoms with E-state index in [0.717, 1.165) is 25.7 Å². The van der Waals surface area contributed by atoms with Crippen LogP contribution in [-0.4, -0.2) is 30.9 Å². The number of nitriles is 1. The van der Waals surface area contributed by atoms with E-state index < -0.39 is 24.3 Å². The lowest BCUT2D eigenvalue weighted by atomic mass is 10.2. The second kappa shape index (κ2) is 8.33. The first-order chi connectivity index (χ1) is 14.5. The van der Waals surface area contributed by atoms with Crippen molar-refractivity contribution in [2.24, 2.45) is 0 Å². The van der Waals surface area contributed by atoms with Crippen molar-refractivity contribution < 1.29 is 28.5 Å². The molecule has 0 radical (unpaired) electrons. The van der Waals surface area contributed by atoms with E-state index >= 15 is 0 Å². The molecule has 8 nitrogen and oxygen atoms in total. The SMILES string of the molecule is N#Cc1ccc(OCC(=O)OCC(=O)Nc2ccc3c(c2)OC2(CCCC2)O3)cc1. The molecule has 1 spiro atoms. The van der Waals surface area contributed by atoms with Gasteiger partial charge in [-0.05, 0) is 49.2 Å². The van der Waals surface area contributed by atoms with Crippen LogP contribution in [-0.2, 0) is 14.3 Å². The van der Waals surface area contributed by atoms with E-state index in [4.69, 9.17) is 24.2 Å². The summed E-state index contributed by atoms with van der Waals surface area (Å²) in [5.41, 5.74) is 1.02. The predicted molar refractivity (Wildman–Crippen MR) is 105 cm³/mol. The molecule has 0 bridgehead atoms. The Morgan fingerprint density at radius 1 is 1.03 bits per heavy atom. The van der Waals surface area contributed by atoms with Gasteiger partial charge in [-0.3, -0.25) is 4.79 Å². The normalized spacial score (nSPS) is 15.4. The Balaban J connectivity index is 1.22. The minimum absolute atomic E-state index is 0.342. The summed E-state index contributed by atoms with van der Waals surface area (Å²) < 4.78 is 22.1. The number of carbonyl (C=O) groups is 2. The van der Waals surface area contributed by atoms with Gasteiger partial charge in [0.2, 0.25) is 0 Å². The van der Waals surface area contributed by atoms with Crippen molar-refractivity contribution in [1.82, 2.24) is 0 Å². The van der Waals surface area contributed by atoms with Gasteiger partial charge in [-0.1, -0.05) is 0 Å². The van der Waals surface area contributed by atoms with E-state index in [1.54, 1.807) is 42.5 Å². The Labute approximate surface area is 173 Å². The summed E-state index contributed by atoms with van der Waals surface area (Å²) in [5, 5.41) is 11.4.